The summed E-state index contributed by atoms with van der Waals surface area (Å²) in [5.41, 5.74) is 1.01. The van der Waals surface area contributed by atoms with Gasteiger partial charge in [0, 0.05) is 5.56 Å². The van der Waals surface area contributed by atoms with Gasteiger partial charge < -0.3 is 24.3 Å². The van der Waals surface area contributed by atoms with Gasteiger partial charge in [0.25, 0.3) is 5.91 Å². The number of carbonyl (C=O) groups is 2. The molecule has 0 fully saturated rings. The number of benzene rings is 2. The molecule has 1 N–H and O–H groups in total. The van der Waals surface area contributed by atoms with Crippen LogP contribution in [0.1, 0.15) is 15.9 Å². The highest BCUT2D eigenvalue weighted by atomic mass is 16.5. The van der Waals surface area contributed by atoms with Crippen molar-refractivity contribution in [1.82, 2.24) is 5.32 Å². The molecule has 7 nitrogen and oxygen atoms in total. The number of methoxy groups -OCH3 is 3. The fourth-order valence-electron chi connectivity index (χ4n) is 2.28. The molecular weight excluding hydrogens is 338 g/mol. The smallest absolute Gasteiger partial charge is 0.325 e. The van der Waals surface area contributed by atoms with Crippen LogP contribution in [0.4, 0.5) is 0 Å². The quantitative estimate of drug-likeness (QED) is 0.728. The molecule has 7 heteroatoms. The number of amides is 1. The van der Waals surface area contributed by atoms with E-state index in [1.807, 2.05) is 0 Å². The number of ether oxygens (including phenoxy) is 4. The number of hydrogen-bond donors (Lipinski definition) is 1. The van der Waals surface area contributed by atoms with E-state index in [1.54, 1.807) is 49.6 Å². The summed E-state index contributed by atoms with van der Waals surface area (Å²) in [5.74, 6) is 0.647. The van der Waals surface area contributed by atoms with Gasteiger partial charge in [0.2, 0.25) is 0 Å². The van der Waals surface area contributed by atoms with E-state index in [0.717, 1.165) is 0 Å². The SMILES string of the molecule is COc1ccc(OC)c(COC(=O)CNC(=O)c2ccccc2OC)c1. The molecule has 2 rings (SSSR count). The van der Waals surface area contributed by atoms with Crippen molar-refractivity contribution in [3.63, 3.8) is 0 Å². The molecule has 0 spiro atoms. The average Bonchev–Trinajstić information content (AvgIpc) is 2.69. The maximum Gasteiger partial charge on any atom is 0.325 e. The van der Waals surface area contributed by atoms with E-state index < -0.39 is 11.9 Å². The molecule has 0 aliphatic rings. The molecular formula is C19H21NO6. The zero-order valence-corrected chi connectivity index (χ0v) is 14.9. The van der Waals surface area contributed by atoms with Gasteiger partial charge in [-0.1, -0.05) is 12.1 Å². The topological polar surface area (TPSA) is 83.1 Å². The molecule has 0 unspecified atom stereocenters. The Morgan fingerprint density at radius 2 is 1.65 bits per heavy atom. The summed E-state index contributed by atoms with van der Waals surface area (Å²) < 4.78 is 20.7. The molecule has 0 saturated carbocycles. The van der Waals surface area contributed by atoms with Gasteiger partial charge in [-0.25, -0.2) is 0 Å². The number of rotatable bonds is 8. The Morgan fingerprint density at radius 3 is 2.35 bits per heavy atom. The highest BCUT2D eigenvalue weighted by Crippen LogP contribution is 2.24. The minimum atomic E-state index is -0.571. The van der Waals surface area contributed by atoms with Gasteiger partial charge in [0.1, 0.15) is 30.4 Å². The van der Waals surface area contributed by atoms with Crippen LogP contribution in [0.3, 0.4) is 0 Å². The van der Waals surface area contributed by atoms with E-state index in [4.69, 9.17) is 18.9 Å². The summed E-state index contributed by atoms with van der Waals surface area (Å²) in [5, 5.41) is 2.51. The summed E-state index contributed by atoms with van der Waals surface area (Å²) >= 11 is 0. The molecule has 0 aliphatic heterocycles. The summed E-state index contributed by atoms with van der Waals surface area (Å²) in [6, 6.07) is 11.9. The Balaban J connectivity index is 1.90. The van der Waals surface area contributed by atoms with Crippen molar-refractivity contribution in [2.45, 2.75) is 6.61 Å². The van der Waals surface area contributed by atoms with Crippen LogP contribution in [0.25, 0.3) is 0 Å². The summed E-state index contributed by atoms with van der Waals surface area (Å²) in [6.45, 7) is -0.257. The van der Waals surface area contributed by atoms with Gasteiger partial charge in [-0.15, -0.1) is 0 Å². The Kier molecular flexibility index (Phi) is 6.84. The summed E-state index contributed by atoms with van der Waals surface area (Å²) in [4.78, 5) is 24.1. The minimum Gasteiger partial charge on any atom is -0.497 e. The summed E-state index contributed by atoms with van der Waals surface area (Å²) in [6.07, 6.45) is 0. The largest absolute Gasteiger partial charge is 0.497 e. The minimum absolute atomic E-state index is 0.00371. The molecule has 0 bridgehead atoms. The van der Waals surface area contributed by atoms with Gasteiger partial charge in [0.15, 0.2) is 0 Å². The monoisotopic (exact) mass is 359 g/mol. The van der Waals surface area contributed by atoms with Crippen LogP contribution in [-0.4, -0.2) is 39.8 Å². The second-order valence-electron chi connectivity index (χ2n) is 5.22. The second-order valence-corrected chi connectivity index (χ2v) is 5.22. The van der Waals surface area contributed by atoms with Gasteiger partial charge in [0.05, 0.1) is 26.9 Å². The first-order chi connectivity index (χ1) is 12.6. The van der Waals surface area contributed by atoms with E-state index in [1.165, 1.54) is 14.2 Å². The summed E-state index contributed by atoms with van der Waals surface area (Å²) in [7, 11) is 4.55. The predicted molar refractivity (Wildman–Crippen MR) is 94.7 cm³/mol. The maximum absolute atomic E-state index is 12.2. The lowest BCUT2D eigenvalue weighted by atomic mass is 10.2. The molecule has 0 radical (unpaired) electrons. The van der Waals surface area contributed by atoms with Crippen molar-refractivity contribution in [3.05, 3.63) is 53.6 Å². The molecule has 2 aromatic carbocycles. The Hall–Kier alpha value is -3.22. The predicted octanol–water partition coefficient (Wildman–Crippen LogP) is 2.19. The van der Waals surface area contributed by atoms with Crippen LogP contribution >= 0.6 is 0 Å². The van der Waals surface area contributed by atoms with Crippen molar-refractivity contribution < 1.29 is 28.5 Å². The van der Waals surface area contributed by atoms with Gasteiger partial charge in [-0.2, -0.15) is 0 Å². The highest BCUT2D eigenvalue weighted by Gasteiger charge is 2.14. The first-order valence-electron chi connectivity index (χ1n) is 7.86. The molecule has 138 valence electrons. The third kappa shape index (κ3) is 4.89. The maximum atomic E-state index is 12.2. The zero-order valence-electron chi connectivity index (χ0n) is 14.9. The third-order valence-electron chi connectivity index (χ3n) is 3.62. The van der Waals surface area contributed by atoms with Crippen LogP contribution in [0.15, 0.2) is 42.5 Å². The van der Waals surface area contributed by atoms with Crippen molar-refractivity contribution >= 4 is 11.9 Å². The number of para-hydroxylation sites is 1. The number of esters is 1. The van der Waals surface area contributed by atoms with Gasteiger partial charge in [-0.05, 0) is 30.3 Å². The van der Waals surface area contributed by atoms with Crippen molar-refractivity contribution in [2.24, 2.45) is 0 Å². The van der Waals surface area contributed by atoms with E-state index in [-0.39, 0.29) is 13.2 Å². The van der Waals surface area contributed by atoms with Crippen LogP contribution in [0.2, 0.25) is 0 Å². The molecule has 26 heavy (non-hydrogen) atoms. The molecule has 0 atom stereocenters. The highest BCUT2D eigenvalue weighted by molar-refractivity contribution is 5.98. The Labute approximate surface area is 151 Å². The Morgan fingerprint density at radius 1 is 0.923 bits per heavy atom. The molecule has 0 aromatic heterocycles. The molecule has 0 aliphatic carbocycles. The van der Waals surface area contributed by atoms with Crippen molar-refractivity contribution in [2.75, 3.05) is 27.9 Å². The molecule has 0 heterocycles. The third-order valence-corrected chi connectivity index (χ3v) is 3.62. The first kappa shape index (κ1) is 19.1. The van der Waals surface area contributed by atoms with Crippen LogP contribution < -0.4 is 19.5 Å². The van der Waals surface area contributed by atoms with Crippen LogP contribution in [0.5, 0.6) is 17.2 Å². The lowest BCUT2D eigenvalue weighted by Crippen LogP contribution is -2.30. The van der Waals surface area contributed by atoms with Crippen molar-refractivity contribution in [1.29, 1.82) is 0 Å². The van der Waals surface area contributed by atoms with Gasteiger partial charge >= 0.3 is 5.97 Å². The average molecular weight is 359 g/mol. The first-order valence-corrected chi connectivity index (χ1v) is 7.86. The standard InChI is InChI=1S/C19H21NO6/c1-23-14-8-9-16(24-2)13(10-14)12-26-18(21)11-20-19(22)15-6-4-5-7-17(15)25-3/h4-10H,11-12H2,1-3H3,(H,20,22). The van der Waals surface area contributed by atoms with Crippen molar-refractivity contribution in [3.8, 4) is 17.2 Å². The number of hydrogen-bond acceptors (Lipinski definition) is 6. The second kappa shape index (κ2) is 9.31. The van der Waals surface area contributed by atoms with Crippen LogP contribution in [-0.2, 0) is 16.1 Å². The lowest BCUT2D eigenvalue weighted by Gasteiger charge is -2.12. The lowest BCUT2D eigenvalue weighted by molar-refractivity contribution is -0.143. The fraction of sp³-hybridized carbons (Fsp3) is 0.263. The molecule has 1 amide bonds. The van der Waals surface area contributed by atoms with E-state index >= 15 is 0 Å². The fourth-order valence-corrected chi connectivity index (χ4v) is 2.28. The van der Waals surface area contributed by atoms with E-state index in [9.17, 15) is 9.59 Å². The van der Waals surface area contributed by atoms with E-state index in [0.29, 0.717) is 28.4 Å². The number of carbonyl (C=O) groups excluding carboxylic acids is 2. The normalized spacial score (nSPS) is 9.96. The zero-order chi connectivity index (χ0) is 18.9. The van der Waals surface area contributed by atoms with Crippen LogP contribution in [0, 0.1) is 0 Å². The molecule has 0 saturated heterocycles. The van der Waals surface area contributed by atoms with E-state index in [2.05, 4.69) is 5.32 Å². The Bertz CT molecular complexity index is 774. The molecule has 2 aromatic rings. The number of nitrogens with one attached hydrogen (secondary N) is 1. The van der Waals surface area contributed by atoms with Gasteiger partial charge in [-0.3, -0.25) is 9.59 Å².